The molecule has 3 N–H and O–H groups in total. The second-order valence-electron chi connectivity index (χ2n) is 12.1. The molecule has 3 heterocycles. The van der Waals surface area contributed by atoms with Crippen LogP contribution in [0, 0.1) is 0 Å². The minimum Gasteiger partial charge on any atom is -0.367 e. The average Bonchev–Trinajstić information content (AvgIpc) is 3.78. The lowest BCUT2D eigenvalue weighted by atomic mass is 9.91. The SMILES string of the molecule is FC(F)(F)c1cc(NC2CCC(n3cnc(-c4ccccc4)c3)CC2)ncn1.NC1CCC(n2cnc(-c3ccccc3)c2)CC1. The molecule has 2 saturated carbocycles. The van der Waals surface area contributed by atoms with Gasteiger partial charge in [-0.05, 0) is 51.4 Å². The number of hydrogen-bond donors (Lipinski definition) is 2. The quantitative estimate of drug-likeness (QED) is 0.198. The summed E-state index contributed by atoms with van der Waals surface area (Å²) in [5.41, 5.74) is 9.30. The molecule has 0 spiro atoms. The molecular weight excluding hydrogens is 589 g/mol. The minimum absolute atomic E-state index is 0.101. The highest BCUT2D eigenvalue weighted by molar-refractivity contribution is 5.58. The summed E-state index contributed by atoms with van der Waals surface area (Å²) in [6.45, 7) is 0. The number of imidazole rings is 2. The molecule has 8 nitrogen and oxygen atoms in total. The lowest BCUT2D eigenvalue weighted by Crippen LogP contribution is -2.27. The van der Waals surface area contributed by atoms with Gasteiger partial charge in [0.2, 0.25) is 0 Å². The van der Waals surface area contributed by atoms with Crippen LogP contribution in [0.4, 0.5) is 19.0 Å². The largest absolute Gasteiger partial charge is 0.433 e. The maximum atomic E-state index is 12.8. The predicted octanol–water partition coefficient (Wildman–Crippen LogP) is 7.95. The summed E-state index contributed by atoms with van der Waals surface area (Å²) < 4.78 is 42.8. The minimum atomic E-state index is -4.46. The normalized spacial score (nSPS) is 21.7. The molecule has 2 aliphatic rings. The fourth-order valence-corrected chi connectivity index (χ4v) is 6.31. The molecule has 0 bridgehead atoms. The van der Waals surface area contributed by atoms with Gasteiger partial charge in [0.25, 0.3) is 0 Å². The molecule has 0 radical (unpaired) electrons. The Morgan fingerprint density at radius 3 is 1.65 bits per heavy atom. The Kier molecular flexibility index (Phi) is 9.77. The molecule has 2 fully saturated rings. The van der Waals surface area contributed by atoms with E-state index >= 15 is 0 Å². The lowest BCUT2D eigenvalue weighted by molar-refractivity contribution is -0.141. The summed E-state index contributed by atoms with van der Waals surface area (Å²) in [6.07, 6.45) is 12.7. The van der Waals surface area contributed by atoms with Crippen LogP contribution in [0.25, 0.3) is 22.5 Å². The van der Waals surface area contributed by atoms with Gasteiger partial charge in [-0.1, -0.05) is 60.7 Å². The number of hydrogen-bond acceptors (Lipinski definition) is 6. The Balaban J connectivity index is 0.000000178. The van der Waals surface area contributed by atoms with Crippen molar-refractivity contribution in [2.45, 2.75) is 81.7 Å². The van der Waals surface area contributed by atoms with E-state index in [9.17, 15) is 13.2 Å². The molecule has 2 aromatic carbocycles. The Morgan fingerprint density at radius 1 is 0.652 bits per heavy atom. The lowest BCUT2D eigenvalue weighted by Gasteiger charge is -2.30. The van der Waals surface area contributed by atoms with Gasteiger partial charge in [0, 0.05) is 53.8 Å². The standard InChI is InChI=1S/C20H20F3N5.C15H19N3/c21-20(22,23)18-10-19(25-12-24-18)27-15-6-8-16(9-7-15)28-11-17(26-13-28)14-4-2-1-3-5-14;16-13-6-8-14(9-7-13)18-10-15(17-11-18)12-4-2-1-3-5-12/h1-5,10-13,15-16H,6-9H2,(H,24,25,27);1-5,10-11,13-14H,6-9,16H2. The van der Waals surface area contributed by atoms with Gasteiger partial charge in [0.1, 0.15) is 17.8 Å². The molecule has 3 aromatic heterocycles. The zero-order valence-electron chi connectivity index (χ0n) is 25.6. The van der Waals surface area contributed by atoms with Crippen LogP contribution in [0.5, 0.6) is 0 Å². The second kappa shape index (κ2) is 14.3. The molecular formula is C35H39F3N8. The van der Waals surface area contributed by atoms with Crippen LogP contribution in [0.1, 0.15) is 69.1 Å². The van der Waals surface area contributed by atoms with Gasteiger partial charge >= 0.3 is 6.18 Å². The molecule has 11 heteroatoms. The Hall–Kier alpha value is -4.51. The number of nitrogens with zero attached hydrogens (tertiary/aromatic N) is 6. The van der Waals surface area contributed by atoms with Crippen LogP contribution < -0.4 is 11.1 Å². The zero-order chi connectivity index (χ0) is 31.9. The van der Waals surface area contributed by atoms with Crippen molar-refractivity contribution >= 4 is 5.82 Å². The predicted molar refractivity (Wildman–Crippen MR) is 173 cm³/mol. The molecule has 0 unspecified atom stereocenters. The average molecular weight is 629 g/mol. The first-order chi connectivity index (χ1) is 22.3. The molecule has 46 heavy (non-hydrogen) atoms. The smallest absolute Gasteiger partial charge is 0.367 e. The first kappa shape index (κ1) is 31.5. The number of aromatic nitrogens is 6. The molecule has 0 amide bonds. The van der Waals surface area contributed by atoms with E-state index in [-0.39, 0.29) is 11.9 Å². The maximum Gasteiger partial charge on any atom is 0.433 e. The number of rotatable bonds is 6. The van der Waals surface area contributed by atoms with Crippen molar-refractivity contribution in [1.82, 2.24) is 29.1 Å². The van der Waals surface area contributed by atoms with E-state index in [4.69, 9.17) is 5.73 Å². The van der Waals surface area contributed by atoms with E-state index in [1.54, 1.807) is 0 Å². The van der Waals surface area contributed by atoms with E-state index < -0.39 is 11.9 Å². The number of nitrogens with two attached hydrogens (primary N) is 1. The molecule has 7 rings (SSSR count). The highest BCUT2D eigenvalue weighted by Crippen LogP contribution is 2.33. The summed E-state index contributed by atoms with van der Waals surface area (Å²) >= 11 is 0. The summed E-state index contributed by atoms with van der Waals surface area (Å²) in [6, 6.07) is 22.7. The number of benzene rings is 2. The van der Waals surface area contributed by atoms with Crippen molar-refractivity contribution in [3.05, 3.63) is 104 Å². The second-order valence-corrected chi connectivity index (χ2v) is 12.1. The molecule has 0 aliphatic heterocycles. The van der Waals surface area contributed by atoms with Crippen molar-refractivity contribution in [2.24, 2.45) is 5.73 Å². The molecule has 0 saturated heterocycles. The van der Waals surface area contributed by atoms with E-state index in [2.05, 4.69) is 58.9 Å². The van der Waals surface area contributed by atoms with Crippen molar-refractivity contribution in [1.29, 1.82) is 0 Å². The first-order valence-electron chi connectivity index (χ1n) is 15.9. The molecule has 2 aliphatic carbocycles. The Bertz CT molecular complexity index is 1650. The van der Waals surface area contributed by atoms with Gasteiger partial charge in [0.15, 0.2) is 0 Å². The summed E-state index contributed by atoms with van der Waals surface area (Å²) in [5, 5.41) is 3.12. The summed E-state index contributed by atoms with van der Waals surface area (Å²) in [4.78, 5) is 16.2. The van der Waals surface area contributed by atoms with Crippen LogP contribution in [0.2, 0.25) is 0 Å². The first-order valence-corrected chi connectivity index (χ1v) is 15.9. The fraction of sp³-hybridized carbons (Fsp3) is 0.371. The number of halogens is 3. The Labute approximate surface area is 267 Å². The summed E-state index contributed by atoms with van der Waals surface area (Å²) in [5.74, 6) is 0.222. The monoisotopic (exact) mass is 628 g/mol. The molecule has 0 atom stereocenters. The topological polar surface area (TPSA) is 99.5 Å². The van der Waals surface area contributed by atoms with Crippen LogP contribution in [-0.4, -0.2) is 41.2 Å². The van der Waals surface area contributed by atoms with Crippen molar-refractivity contribution in [2.75, 3.05) is 5.32 Å². The number of nitrogens with one attached hydrogen (secondary N) is 1. The van der Waals surface area contributed by atoms with Crippen LogP contribution in [0.15, 0.2) is 98.1 Å². The van der Waals surface area contributed by atoms with Crippen LogP contribution in [0.3, 0.4) is 0 Å². The fourth-order valence-electron chi connectivity index (χ4n) is 6.31. The van der Waals surface area contributed by atoms with Crippen molar-refractivity contribution < 1.29 is 13.2 Å². The third kappa shape index (κ3) is 8.00. The van der Waals surface area contributed by atoms with Crippen molar-refractivity contribution in [3.63, 3.8) is 0 Å². The van der Waals surface area contributed by atoms with Gasteiger partial charge in [0.05, 0.1) is 24.0 Å². The number of alkyl halides is 3. The Morgan fingerprint density at radius 2 is 1.15 bits per heavy atom. The van der Waals surface area contributed by atoms with E-state index in [1.807, 2.05) is 61.2 Å². The summed E-state index contributed by atoms with van der Waals surface area (Å²) in [7, 11) is 0. The van der Waals surface area contributed by atoms with Gasteiger partial charge in [-0.25, -0.2) is 19.9 Å². The highest BCUT2D eigenvalue weighted by atomic mass is 19.4. The number of anilines is 1. The third-order valence-electron chi connectivity index (χ3n) is 8.93. The van der Waals surface area contributed by atoms with E-state index in [1.165, 1.54) is 18.4 Å². The zero-order valence-corrected chi connectivity index (χ0v) is 25.6. The van der Waals surface area contributed by atoms with Gasteiger partial charge < -0.3 is 20.2 Å². The van der Waals surface area contributed by atoms with Gasteiger partial charge in [-0.15, -0.1) is 0 Å². The van der Waals surface area contributed by atoms with Crippen molar-refractivity contribution in [3.8, 4) is 22.5 Å². The maximum absolute atomic E-state index is 12.8. The third-order valence-corrected chi connectivity index (χ3v) is 8.93. The van der Waals surface area contributed by atoms with Gasteiger partial charge in [-0.2, -0.15) is 13.2 Å². The highest BCUT2D eigenvalue weighted by Gasteiger charge is 2.33. The van der Waals surface area contributed by atoms with E-state index in [0.29, 0.717) is 18.1 Å². The molecule has 240 valence electrons. The van der Waals surface area contributed by atoms with Crippen LogP contribution in [-0.2, 0) is 6.18 Å². The van der Waals surface area contributed by atoms with Crippen LogP contribution >= 0.6 is 0 Å². The molecule has 5 aromatic rings. The van der Waals surface area contributed by atoms with Gasteiger partial charge in [-0.3, -0.25) is 0 Å². The van der Waals surface area contributed by atoms with E-state index in [0.717, 1.165) is 67.9 Å².